The minimum absolute atomic E-state index is 0.142. The Kier molecular flexibility index (Phi) is 7.84. The second-order valence-corrected chi connectivity index (χ2v) is 17.9. The molecule has 0 N–H and O–H groups in total. The van der Waals surface area contributed by atoms with E-state index in [-0.39, 0.29) is 5.41 Å². The molecule has 11 rings (SSSR count). The Bertz CT molecular complexity index is 2580. The first-order chi connectivity index (χ1) is 27.0. The van der Waals surface area contributed by atoms with Gasteiger partial charge in [0.1, 0.15) is 0 Å². The third-order valence-corrected chi connectivity index (χ3v) is 14.5. The molecule has 0 saturated heterocycles. The van der Waals surface area contributed by atoms with Crippen LogP contribution in [-0.4, -0.2) is 0 Å². The molecule has 2 bridgehead atoms. The third-order valence-electron chi connectivity index (χ3n) is 14.5. The van der Waals surface area contributed by atoms with E-state index in [1.807, 2.05) is 0 Å². The predicted molar refractivity (Wildman–Crippen MR) is 233 cm³/mol. The number of hydrogen-bond acceptors (Lipinski definition) is 1. The quantitative estimate of drug-likeness (QED) is 0.166. The van der Waals surface area contributed by atoms with E-state index in [4.69, 9.17) is 0 Å². The van der Waals surface area contributed by atoms with Gasteiger partial charge >= 0.3 is 0 Å². The molecule has 4 aliphatic rings. The topological polar surface area (TPSA) is 3.24 Å². The molecule has 55 heavy (non-hydrogen) atoms. The molecule has 0 spiro atoms. The van der Waals surface area contributed by atoms with Gasteiger partial charge in [-0.05, 0) is 153 Å². The van der Waals surface area contributed by atoms with Crippen molar-refractivity contribution < 1.29 is 0 Å². The normalized spacial score (nSPS) is 21.2. The summed E-state index contributed by atoms with van der Waals surface area (Å²) in [5.41, 5.74) is 14.9. The van der Waals surface area contributed by atoms with E-state index < -0.39 is 0 Å². The smallest absolute Gasteiger partial charge is 0.0542 e. The molecule has 4 aliphatic carbocycles. The van der Waals surface area contributed by atoms with Crippen LogP contribution >= 0.6 is 0 Å². The first-order valence-corrected chi connectivity index (χ1v) is 21.2. The summed E-state index contributed by atoms with van der Waals surface area (Å²) in [6, 6.07) is 53.9. The lowest BCUT2D eigenvalue weighted by atomic mass is 9.81. The Morgan fingerprint density at radius 1 is 0.545 bits per heavy atom. The van der Waals surface area contributed by atoms with Crippen LogP contribution in [0.2, 0.25) is 0 Å². The molecule has 3 fully saturated rings. The second kappa shape index (κ2) is 13.0. The van der Waals surface area contributed by atoms with Crippen molar-refractivity contribution in [3.63, 3.8) is 0 Å². The van der Waals surface area contributed by atoms with Gasteiger partial charge in [-0.15, -0.1) is 0 Å². The van der Waals surface area contributed by atoms with Crippen LogP contribution < -0.4 is 4.90 Å². The number of hydrogen-bond donors (Lipinski definition) is 0. The Balaban J connectivity index is 1.08. The highest BCUT2D eigenvalue weighted by Gasteiger charge is 2.40. The zero-order valence-electron chi connectivity index (χ0n) is 32.4. The van der Waals surface area contributed by atoms with Gasteiger partial charge in [0, 0.05) is 22.2 Å². The van der Waals surface area contributed by atoms with Gasteiger partial charge in [-0.25, -0.2) is 0 Å². The maximum atomic E-state index is 2.60. The van der Waals surface area contributed by atoms with E-state index in [1.54, 1.807) is 5.56 Å². The molecule has 0 radical (unpaired) electrons. The molecule has 7 aromatic carbocycles. The predicted octanol–water partition coefficient (Wildman–Crippen LogP) is 15.4. The van der Waals surface area contributed by atoms with Gasteiger partial charge in [0.25, 0.3) is 0 Å². The fourth-order valence-corrected chi connectivity index (χ4v) is 11.8. The average Bonchev–Trinajstić information content (AvgIpc) is 3.94. The minimum Gasteiger partial charge on any atom is -0.310 e. The molecule has 3 atom stereocenters. The minimum atomic E-state index is -0.142. The molecular weight excluding hydrogens is 663 g/mol. The Labute approximate surface area is 327 Å². The largest absolute Gasteiger partial charge is 0.310 e. The van der Waals surface area contributed by atoms with Crippen LogP contribution in [0.1, 0.15) is 106 Å². The second-order valence-electron chi connectivity index (χ2n) is 17.9. The fourth-order valence-electron chi connectivity index (χ4n) is 11.8. The maximum absolute atomic E-state index is 2.60. The summed E-state index contributed by atoms with van der Waals surface area (Å²) in [5, 5.41) is 5.34. The molecule has 0 aromatic heterocycles. The van der Waals surface area contributed by atoms with Crippen LogP contribution in [0, 0.1) is 11.8 Å². The highest BCUT2D eigenvalue weighted by Crippen LogP contribution is 2.56. The highest BCUT2D eigenvalue weighted by molar-refractivity contribution is 6.02. The summed E-state index contributed by atoms with van der Waals surface area (Å²) in [6.45, 7) is 4.86. The Morgan fingerprint density at radius 3 is 2.11 bits per heavy atom. The van der Waals surface area contributed by atoms with E-state index in [0.717, 1.165) is 17.8 Å². The van der Waals surface area contributed by atoms with Crippen LogP contribution in [0.5, 0.6) is 0 Å². The first-order valence-electron chi connectivity index (χ1n) is 21.2. The SMILES string of the molecule is CC1(C)c2cc(N(c3ccc(C4CC5CCC4C5)cc3)c3cccc4cccc(C5CCCCC5)c34)ccc2-c2c(-c3ccc4ccccc4c3)cccc21. The highest BCUT2D eigenvalue weighted by atomic mass is 15.1. The van der Waals surface area contributed by atoms with Gasteiger partial charge in [0.15, 0.2) is 0 Å². The lowest BCUT2D eigenvalue weighted by Gasteiger charge is -2.31. The number of fused-ring (bicyclic) bond motifs is 7. The first kappa shape index (κ1) is 33.2. The number of rotatable bonds is 6. The molecule has 1 heteroatoms. The molecule has 0 aliphatic heterocycles. The van der Waals surface area contributed by atoms with Crippen LogP contribution in [0.3, 0.4) is 0 Å². The van der Waals surface area contributed by atoms with Crippen molar-refractivity contribution in [3.8, 4) is 22.3 Å². The van der Waals surface area contributed by atoms with Crippen LogP contribution in [0.15, 0.2) is 140 Å². The van der Waals surface area contributed by atoms with Gasteiger partial charge < -0.3 is 4.90 Å². The molecule has 7 aromatic rings. The Morgan fingerprint density at radius 2 is 1.31 bits per heavy atom. The third kappa shape index (κ3) is 5.41. The van der Waals surface area contributed by atoms with Gasteiger partial charge in [-0.3, -0.25) is 0 Å². The van der Waals surface area contributed by atoms with Crippen molar-refractivity contribution in [2.75, 3.05) is 4.90 Å². The monoisotopic (exact) mass is 713 g/mol. The zero-order chi connectivity index (χ0) is 36.7. The van der Waals surface area contributed by atoms with Crippen LogP contribution in [0.25, 0.3) is 43.8 Å². The number of anilines is 3. The summed E-state index contributed by atoms with van der Waals surface area (Å²) in [5.74, 6) is 3.17. The summed E-state index contributed by atoms with van der Waals surface area (Å²) in [7, 11) is 0. The van der Waals surface area contributed by atoms with E-state index >= 15 is 0 Å². The summed E-state index contributed by atoms with van der Waals surface area (Å²) >= 11 is 0. The molecule has 272 valence electrons. The molecule has 0 heterocycles. The maximum Gasteiger partial charge on any atom is 0.0542 e. The van der Waals surface area contributed by atoms with Gasteiger partial charge in [-0.2, -0.15) is 0 Å². The van der Waals surface area contributed by atoms with Crippen molar-refractivity contribution >= 4 is 38.6 Å². The molecular formula is C54H51N. The van der Waals surface area contributed by atoms with Crippen molar-refractivity contribution in [3.05, 3.63) is 162 Å². The van der Waals surface area contributed by atoms with Gasteiger partial charge in [0.2, 0.25) is 0 Å². The van der Waals surface area contributed by atoms with Crippen LogP contribution in [-0.2, 0) is 5.41 Å². The van der Waals surface area contributed by atoms with Crippen molar-refractivity contribution in [1.29, 1.82) is 0 Å². The Hall–Kier alpha value is -5.14. The van der Waals surface area contributed by atoms with Gasteiger partial charge in [0.05, 0.1) is 5.69 Å². The summed E-state index contributed by atoms with van der Waals surface area (Å²) < 4.78 is 0. The molecule has 3 unspecified atom stereocenters. The van der Waals surface area contributed by atoms with Crippen molar-refractivity contribution in [2.45, 2.75) is 88.9 Å². The van der Waals surface area contributed by atoms with Crippen molar-refractivity contribution in [1.82, 2.24) is 0 Å². The molecule has 3 saturated carbocycles. The molecule has 0 amide bonds. The molecule has 1 nitrogen and oxygen atoms in total. The van der Waals surface area contributed by atoms with E-state index in [2.05, 4.69) is 158 Å². The number of benzene rings is 7. The van der Waals surface area contributed by atoms with E-state index in [1.165, 1.54) is 135 Å². The van der Waals surface area contributed by atoms with Crippen molar-refractivity contribution in [2.24, 2.45) is 11.8 Å². The van der Waals surface area contributed by atoms with E-state index in [0.29, 0.717) is 5.92 Å². The average molecular weight is 714 g/mol. The standard InChI is InChI=1S/C54H51N/c1-54(2)49-19-10-18-46(42-24-23-36-11-6-7-14-40(36)33-42)53(49)47-30-29-44(34-50(47)54)55(43-27-25-38(26-28-43)48-32-35-21-22-41(48)31-35)51-20-9-16-39-15-8-17-45(52(39)51)37-12-4-3-5-13-37/h6-11,14-20,23-30,33-35,37,41,48H,3-5,12-13,21-22,31-32H2,1-2H3. The van der Waals surface area contributed by atoms with Crippen LogP contribution in [0.4, 0.5) is 17.1 Å². The van der Waals surface area contributed by atoms with Gasteiger partial charge in [-0.1, -0.05) is 143 Å². The lowest BCUT2D eigenvalue weighted by Crippen LogP contribution is -2.17. The van der Waals surface area contributed by atoms with E-state index in [9.17, 15) is 0 Å². The summed E-state index contributed by atoms with van der Waals surface area (Å²) in [4.78, 5) is 2.60. The fraction of sp³-hybridized carbons (Fsp3) is 0.296. The lowest BCUT2D eigenvalue weighted by molar-refractivity contribution is 0.420. The number of nitrogens with zero attached hydrogens (tertiary/aromatic N) is 1. The zero-order valence-corrected chi connectivity index (χ0v) is 32.4. The summed E-state index contributed by atoms with van der Waals surface area (Å²) in [6.07, 6.45) is 12.3.